The summed E-state index contributed by atoms with van der Waals surface area (Å²) in [5.41, 5.74) is 0. The molecule has 3 aromatic rings. The maximum absolute atomic E-state index is 6.51. The Morgan fingerprint density at radius 2 is 0.925 bits per heavy atom. The zero-order chi connectivity index (χ0) is 27.4. The van der Waals surface area contributed by atoms with Crippen molar-refractivity contribution in [3.8, 4) is 0 Å². The van der Waals surface area contributed by atoms with Crippen molar-refractivity contribution >= 4 is 23.2 Å². The highest BCUT2D eigenvalue weighted by molar-refractivity contribution is 7.95. The SMILES string of the molecule is CCCCCCCCCC[C@H]1OC(C)(C)O[C@H]1CCC[P+](c1ccccc1)(c1ccccc1)c1ccccc1.[I-]. The highest BCUT2D eigenvalue weighted by Crippen LogP contribution is 2.56. The van der Waals surface area contributed by atoms with E-state index in [-0.39, 0.29) is 36.2 Å². The van der Waals surface area contributed by atoms with Crippen LogP contribution in [0.2, 0.25) is 0 Å². The normalized spacial score (nSPS) is 18.4. The first-order valence-electron chi connectivity index (χ1n) is 15.5. The Kier molecular flexibility index (Phi) is 14.1. The van der Waals surface area contributed by atoms with Gasteiger partial charge in [-0.05, 0) is 69.5 Å². The fourth-order valence-electron chi connectivity index (χ4n) is 6.29. The summed E-state index contributed by atoms with van der Waals surface area (Å²) in [5, 5.41) is 4.38. The molecule has 4 heteroatoms. The van der Waals surface area contributed by atoms with Gasteiger partial charge in [-0.25, -0.2) is 0 Å². The highest BCUT2D eigenvalue weighted by atomic mass is 127. The molecule has 1 saturated heterocycles. The molecule has 0 unspecified atom stereocenters. The predicted octanol–water partition coefficient (Wildman–Crippen LogP) is 5.82. The van der Waals surface area contributed by atoms with E-state index in [1.165, 1.54) is 67.3 Å². The molecule has 1 heterocycles. The molecule has 1 aliphatic rings. The van der Waals surface area contributed by atoms with E-state index < -0.39 is 13.0 Å². The van der Waals surface area contributed by atoms with Crippen molar-refractivity contribution in [2.24, 2.45) is 0 Å². The molecule has 218 valence electrons. The van der Waals surface area contributed by atoms with E-state index in [0.717, 1.165) is 25.4 Å². The molecule has 2 atom stereocenters. The van der Waals surface area contributed by atoms with Crippen LogP contribution in [0.25, 0.3) is 0 Å². The van der Waals surface area contributed by atoms with Crippen LogP contribution in [0.5, 0.6) is 0 Å². The first-order valence-corrected chi connectivity index (χ1v) is 17.4. The summed E-state index contributed by atoms with van der Waals surface area (Å²) in [6.07, 6.45) is 15.5. The van der Waals surface area contributed by atoms with Crippen molar-refractivity contribution in [2.45, 2.75) is 109 Å². The molecule has 0 aromatic heterocycles. The molecular weight excluding hydrogens is 622 g/mol. The van der Waals surface area contributed by atoms with Crippen molar-refractivity contribution in [3.63, 3.8) is 0 Å². The Morgan fingerprint density at radius 3 is 1.35 bits per heavy atom. The average molecular weight is 673 g/mol. The monoisotopic (exact) mass is 672 g/mol. The van der Waals surface area contributed by atoms with Crippen LogP contribution >= 0.6 is 7.26 Å². The van der Waals surface area contributed by atoms with Gasteiger partial charge < -0.3 is 33.5 Å². The number of hydrogen-bond acceptors (Lipinski definition) is 2. The van der Waals surface area contributed by atoms with Gasteiger partial charge in [0, 0.05) is 0 Å². The van der Waals surface area contributed by atoms with Gasteiger partial charge >= 0.3 is 0 Å². The third-order valence-corrected chi connectivity index (χ3v) is 12.7. The molecule has 0 amide bonds. The number of ether oxygens (including phenoxy) is 2. The number of hydrogen-bond donors (Lipinski definition) is 0. The lowest BCUT2D eigenvalue weighted by Crippen LogP contribution is -3.00. The quantitative estimate of drug-likeness (QED) is 0.109. The van der Waals surface area contributed by atoms with Crippen molar-refractivity contribution in [1.82, 2.24) is 0 Å². The molecule has 2 nitrogen and oxygen atoms in total. The molecule has 1 fully saturated rings. The van der Waals surface area contributed by atoms with Crippen LogP contribution in [-0.2, 0) is 9.47 Å². The molecular formula is C36H50IO2P. The second kappa shape index (κ2) is 17.0. The van der Waals surface area contributed by atoms with Crippen LogP contribution < -0.4 is 39.9 Å². The summed E-state index contributed by atoms with van der Waals surface area (Å²) in [6.45, 7) is 6.46. The van der Waals surface area contributed by atoms with Gasteiger partial charge in [-0.1, -0.05) is 113 Å². The standard InChI is InChI=1S/C36H50O2P.HI/c1-4-5-6-7-8-9-10-20-28-34-35(38-36(2,3)37-34)29-21-30-39(31-22-14-11-15-23-31,32-24-16-12-17-25-32)33-26-18-13-19-27-33;/h11-19,22-27,34-35H,4-10,20-21,28-30H2,1-3H3;1H/q+1;/p-1/t34-,35+;/m1./s1. The topological polar surface area (TPSA) is 18.5 Å². The summed E-state index contributed by atoms with van der Waals surface area (Å²) in [6, 6.07) is 33.7. The number of rotatable bonds is 16. The maximum atomic E-state index is 6.51. The molecule has 0 spiro atoms. The fraction of sp³-hybridized carbons (Fsp3) is 0.500. The summed E-state index contributed by atoms with van der Waals surface area (Å²) >= 11 is 0. The average Bonchev–Trinajstić information content (AvgIpc) is 3.27. The van der Waals surface area contributed by atoms with Crippen LogP contribution in [0, 0.1) is 0 Å². The van der Waals surface area contributed by atoms with Crippen LogP contribution in [0.3, 0.4) is 0 Å². The molecule has 40 heavy (non-hydrogen) atoms. The van der Waals surface area contributed by atoms with E-state index in [1.807, 2.05) is 0 Å². The molecule has 4 rings (SSSR count). The van der Waals surface area contributed by atoms with E-state index >= 15 is 0 Å². The van der Waals surface area contributed by atoms with Gasteiger partial charge in [-0.3, -0.25) is 0 Å². The largest absolute Gasteiger partial charge is 1.00 e. The van der Waals surface area contributed by atoms with Crippen molar-refractivity contribution in [3.05, 3.63) is 91.0 Å². The summed E-state index contributed by atoms with van der Waals surface area (Å²) in [5.74, 6) is -0.486. The van der Waals surface area contributed by atoms with Gasteiger partial charge in [0.15, 0.2) is 5.79 Å². The Morgan fingerprint density at radius 1 is 0.550 bits per heavy atom. The third-order valence-electron chi connectivity index (χ3n) is 8.20. The summed E-state index contributed by atoms with van der Waals surface area (Å²) in [7, 11) is -1.80. The van der Waals surface area contributed by atoms with Gasteiger partial charge in [0.25, 0.3) is 0 Å². The zero-order valence-corrected chi connectivity index (χ0v) is 28.0. The van der Waals surface area contributed by atoms with E-state index in [0.29, 0.717) is 0 Å². The lowest BCUT2D eigenvalue weighted by atomic mass is 10.0. The molecule has 0 radical (unpaired) electrons. The van der Waals surface area contributed by atoms with E-state index in [2.05, 4.69) is 112 Å². The van der Waals surface area contributed by atoms with Crippen LogP contribution in [0.4, 0.5) is 0 Å². The van der Waals surface area contributed by atoms with Crippen molar-refractivity contribution < 1.29 is 33.5 Å². The molecule has 0 N–H and O–H groups in total. The lowest BCUT2D eigenvalue weighted by Gasteiger charge is -2.28. The Bertz CT molecular complexity index is 977. The van der Waals surface area contributed by atoms with Crippen LogP contribution in [0.1, 0.15) is 91.4 Å². The Balaban J connectivity index is 0.00000441. The van der Waals surface area contributed by atoms with Crippen LogP contribution in [0.15, 0.2) is 91.0 Å². The van der Waals surface area contributed by atoms with Crippen molar-refractivity contribution in [2.75, 3.05) is 6.16 Å². The van der Waals surface area contributed by atoms with Gasteiger partial charge in [0.05, 0.1) is 18.4 Å². The molecule has 0 saturated carbocycles. The maximum Gasteiger partial charge on any atom is 0.163 e. The minimum Gasteiger partial charge on any atom is -1.00 e. The molecule has 0 aliphatic carbocycles. The number of unbranched alkanes of at least 4 members (excludes halogenated alkanes) is 7. The van der Waals surface area contributed by atoms with Gasteiger partial charge in [-0.15, -0.1) is 0 Å². The second-order valence-corrected chi connectivity index (χ2v) is 15.3. The fourth-order valence-corrected chi connectivity index (χ4v) is 10.7. The van der Waals surface area contributed by atoms with Crippen LogP contribution in [-0.4, -0.2) is 24.2 Å². The summed E-state index contributed by atoms with van der Waals surface area (Å²) < 4.78 is 13.0. The number of halogens is 1. The Hall–Kier alpha value is -1.26. The second-order valence-electron chi connectivity index (χ2n) is 11.7. The van der Waals surface area contributed by atoms with E-state index in [9.17, 15) is 0 Å². The van der Waals surface area contributed by atoms with Gasteiger partial charge in [0.1, 0.15) is 23.2 Å². The Labute approximate surface area is 262 Å². The zero-order valence-electron chi connectivity index (χ0n) is 24.9. The minimum atomic E-state index is -1.80. The predicted molar refractivity (Wildman–Crippen MR) is 170 cm³/mol. The molecule has 3 aromatic carbocycles. The van der Waals surface area contributed by atoms with Crippen molar-refractivity contribution in [1.29, 1.82) is 0 Å². The summed E-state index contributed by atoms with van der Waals surface area (Å²) in [4.78, 5) is 0. The smallest absolute Gasteiger partial charge is 0.163 e. The van der Waals surface area contributed by atoms with Gasteiger partial charge in [0.2, 0.25) is 0 Å². The molecule has 0 bridgehead atoms. The van der Waals surface area contributed by atoms with E-state index in [1.54, 1.807) is 0 Å². The first-order chi connectivity index (χ1) is 19.0. The highest BCUT2D eigenvalue weighted by Gasteiger charge is 2.46. The lowest BCUT2D eigenvalue weighted by molar-refractivity contribution is -0.147. The van der Waals surface area contributed by atoms with Gasteiger partial charge in [-0.2, -0.15) is 0 Å². The van der Waals surface area contributed by atoms with E-state index in [4.69, 9.17) is 9.47 Å². The first kappa shape index (κ1) is 33.2. The minimum absolute atomic E-state index is 0. The number of benzene rings is 3. The molecule has 1 aliphatic heterocycles. The third kappa shape index (κ3) is 9.12.